The Morgan fingerprint density at radius 3 is 2.79 bits per heavy atom. The summed E-state index contributed by atoms with van der Waals surface area (Å²) in [5, 5.41) is 29.1. The van der Waals surface area contributed by atoms with Crippen molar-refractivity contribution in [2.75, 3.05) is 0 Å². The number of aliphatic carboxylic acids is 1. The Hall–Kier alpha value is -2.50. The summed E-state index contributed by atoms with van der Waals surface area (Å²) < 4.78 is 39.2. The maximum Gasteiger partial charge on any atom is 0.416 e. The highest BCUT2D eigenvalue weighted by molar-refractivity contribution is 7.18. The van der Waals surface area contributed by atoms with Crippen molar-refractivity contribution in [3.63, 3.8) is 0 Å². The van der Waals surface area contributed by atoms with E-state index in [4.69, 9.17) is 5.11 Å². The average molecular weight is 427 g/mol. The molecule has 0 fully saturated rings. The van der Waals surface area contributed by atoms with Crippen LogP contribution in [0.2, 0.25) is 0 Å². The molecule has 3 aromatic rings. The molecule has 2 N–H and O–H groups in total. The van der Waals surface area contributed by atoms with Gasteiger partial charge in [0.25, 0.3) is 0 Å². The minimum Gasteiger partial charge on any atom is -0.481 e. The van der Waals surface area contributed by atoms with Crippen LogP contribution in [0.25, 0.3) is 10.2 Å². The van der Waals surface area contributed by atoms with Crippen LogP contribution in [0, 0.1) is 0 Å². The molecular formula is C17H12F3N3O3S2. The molecule has 3 heterocycles. The Bertz CT molecular complexity index is 1090. The Morgan fingerprint density at radius 2 is 2.07 bits per heavy atom. The lowest BCUT2D eigenvalue weighted by molar-refractivity contribution is -0.137. The number of aliphatic hydroxyl groups is 1. The van der Waals surface area contributed by atoms with Crippen LogP contribution in [-0.2, 0) is 17.5 Å². The van der Waals surface area contributed by atoms with E-state index in [1.54, 1.807) is 10.8 Å². The van der Waals surface area contributed by atoms with Crippen molar-refractivity contribution in [1.29, 1.82) is 0 Å². The summed E-state index contributed by atoms with van der Waals surface area (Å²) in [5.41, 5.74) is 0.897. The molecule has 1 atom stereocenters. The molecule has 146 valence electrons. The second-order valence-electron chi connectivity index (χ2n) is 6.12. The third-order valence-electron chi connectivity index (χ3n) is 4.19. The first-order valence-electron chi connectivity index (χ1n) is 7.99. The first-order chi connectivity index (χ1) is 13.2. The zero-order chi connectivity index (χ0) is 20.1. The van der Waals surface area contributed by atoms with Crippen molar-refractivity contribution in [2.45, 2.75) is 25.4 Å². The van der Waals surface area contributed by atoms with Crippen molar-refractivity contribution in [3.8, 4) is 0 Å². The molecule has 28 heavy (non-hydrogen) atoms. The van der Waals surface area contributed by atoms with Gasteiger partial charge in [-0.05, 0) is 23.6 Å². The van der Waals surface area contributed by atoms with Crippen molar-refractivity contribution in [3.05, 3.63) is 50.7 Å². The number of hydrazone groups is 1. The van der Waals surface area contributed by atoms with Gasteiger partial charge in [0.1, 0.15) is 5.01 Å². The largest absolute Gasteiger partial charge is 0.481 e. The molecule has 1 aliphatic heterocycles. The highest BCUT2D eigenvalue weighted by atomic mass is 32.1. The molecule has 1 aliphatic rings. The second-order valence-corrected chi connectivity index (χ2v) is 7.98. The summed E-state index contributed by atoms with van der Waals surface area (Å²) in [6.07, 6.45) is -5.84. The Balaban J connectivity index is 1.65. The van der Waals surface area contributed by atoms with E-state index < -0.39 is 23.9 Å². The fourth-order valence-corrected chi connectivity index (χ4v) is 4.73. The molecule has 0 aliphatic carbocycles. The van der Waals surface area contributed by atoms with Crippen LogP contribution in [0.4, 0.5) is 13.2 Å². The summed E-state index contributed by atoms with van der Waals surface area (Å²) >= 11 is 2.52. The quantitative estimate of drug-likeness (QED) is 0.656. The number of thiazole rings is 1. The first-order valence-corrected chi connectivity index (χ1v) is 9.75. The second kappa shape index (κ2) is 6.83. The standard InChI is InChI=1S/C17H12F3N3O3S2/c18-17(19,20)8-1-2-13-12(3-8)21-14(28-13)5-23-16(26)10-7-27-6-9(10)11(22-23)4-15(24)25/h1-3,6-7,16,26H,4-5H2,(H,24,25). The number of carbonyl (C=O) groups is 1. The van der Waals surface area contributed by atoms with Gasteiger partial charge in [-0.25, -0.2) is 4.98 Å². The number of rotatable bonds is 4. The molecule has 1 aromatic carbocycles. The zero-order valence-corrected chi connectivity index (χ0v) is 15.6. The number of nitrogens with zero attached hydrogens (tertiary/aromatic N) is 3. The van der Waals surface area contributed by atoms with Gasteiger partial charge in [-0.3, -0.25) is 9.80 Å². The van der Waals surface area contributed by atoms with Gasteiger partial charge in [-0.15, -0.1) is 11.3 Å². The number of benzene rings is 1. The minimum absolute atomic E-state index is 0.0419. The van der Waals surface area contributed by atoms with E-state index in [1.807, 2.05) is 0 Å². The zero-order valence-electron chi connectivity index (χ0n) is 14.0. The summed E-state index contributed by atoms with van der Waals surface area (Å²) in [6, 6.07) is 3.35. The molecule has 0 bridgehead atoms. The SMILES string of the molecule is O=C(O)CC1=NN(Cc2nc3cc(C(F)(F)F)ccc3s2)C(O)c2cscc21. The number of carboxylic acid groups (broad SMARTS) is 1. The monoisotopic (exact) mass is 427 g/mol. The van der Waals surface area contributed by atoms with Crippen LogP contribution in [0.1, 0.15) is 34.3 Å². The van der Waals surface area contributed by atoms with Crippen LogP contribution in [0.3, 0.4) is 0 Å². The van der Waals surface area contributed by atoms with E-state index in [2.05, 4.69) is 10.1 Å². The predicted molar refractivity (Wildman–Crippen MR) is 98.2 cm³/mol. The first kappa shape index (κ1) is 18.8. The number of hydrogen-bond acceptors (Lipinski definition) is 7. The summed E-state index contributed by atoms with van der Waals surface area (Å²) in [5.74, 6) is -1.05. The number of fused-ring (bicyclic) bond motifs is 2. The molecular weight excluding hydrogens is 415 g/mol. The van der Waals surface area contributed by atoms with E-state index in [0.29, 0.717) is 26.5 Å². The van der Waals surface area contributed by atoms with Gasteiger partial charge in [-0.2, -0.15) is 29.6 Å². The van der Waals surface area contributed by atoms with E-state index >= 15 is 0 Å². The normalized spacial score (nSPS) is 16.9. The van der Waals surface area contributed by atoms with Crippen LogP contribution in [0.5, 0.6) is 0 Å². The van der Waals surface area contributed by atoms with Gasteiger partial charge in [0.2, 0.25) is 0 Å². The number of carboxylic acids is 1. The lowest BCUT2D eigenvalue weighted by Crippen LogP contribution is -2.30. The molecule has 11 heteroatoms. The fourth-order valence-electron chi connectivity index (χ4n) is 2.92. The maximum atomic E-state index is 12.9. The number of thiophene rings is 1. The van der Waals surface area contributed by atoms with Crippen molar-refractivity contribution in [2.24, 2.45) is 5.10 Å². The van der Waals surface area contributed by atoms with Gasteiger partial charge in [0.05, 0.1) is 34.5 Å². The average Bonchev–Trinajstić information content (AvgIpc) is 3.23. The molecule has 0 saturated heterocycles. The molecule has 2 aromatic heterocycles. The number of alkyl halides is 3. The lowest BCUT2D eigenvalue weighted by atomic mass is 10.0. The highest BCUT2D eigenvalue weighted by Crippen LogP contribution is 2.35. The molecule has 1 unspecified atom stereocenters. The third kappa shape index (κ3) is 3.48. The molecule has 0 saturated carbocycles. The van der Waals surface area contributed by atoms with E-state index in [0.717, 1.165) is 12.1 Å². The topological polar surface area (TPSA) is 86.0 Å². The van der Waals surface area contributed by atoms with E-state index in [-0.39, 0.29) is 18.5 Å². The smallest absolute Gasteiger partial charge is 0.416 e. The number of halogens is 3. The molecule has 4 rings (SSSR count). The van der Waals surface area contributed by atoms with E-state index in [9.17, 15) is 23.1 Å². The van der Waals surface area contributed by atoms with Crippen molar-refractivity contribution < 1.29 is 28.2 Å². The molecule has 0 spiro atoms. The van der Waals surface area contributed by atoms with Crippen molar-refractivity contribution in [1.82, 2.24) is 9.99 Å². The minimum atomic E-state index is -4.45. The van der Waals surface area contributed by atoms with E-state index in [1.165, 1.54) is 33.7 Å². The van der Waals surface area contributed by atoms with Crippen LogP contribution >= 0.6 is 22.7 Å². The lowest BCUT2D eigenvalue weighted by Gasteiger charge is -2.29. The van der Waals surface area contributed by atoms with Crippen molar-refractivity contribution >= 4 is 44.6 Å². The summed E-state index contributed by atoms with van der Waals surface area (Å²) in [4.78, 5) is 15.3. The summed E-state index contributed by atoms with van der Waals surface area (Å²) in [6.45, 7) is 0.0419. The molecule has 6 nitrogen and oxygen atoms in total. The Labute approximate surface area is 164 Å². The summed E-state index contributed by atoms with van der Waals surface area (Å²) in [7, 11) is 0. The highest BCUT2D eigenvalue weighted by Gasteiger charge is 2.32. The number of aromatic nitrogens is 1. The molecule has 0 radical (unpaired) electrons. The Kier molecular flexibility index (Phi) is 4.60. The Morgan fingerprint density at radius 1 is 1.29 bits per heavy atom. The fraction of sp³-hybridized carbons (Fsp3) is 0.235. The number of hydrogen-bond donors (Lipinski definition) is 2. The number of aliphatic hydroxyl groups excluding tert-OH is 1. The van der Waals surface area contributed by atoms with Crippen LogP contribution in [0.15, 0.2) is 34.1 Å². The van der Waals surface area contributed by atoms with Gasteiger partial charge in [-0.1, -0.05) is 0 Å². The van der Waals surface area contributed by atoms with Crippen LogP contribution in [-0.4, -0.2) is 31.9 Å². The predicted octanol–water partition coefficient (Wildman–Crippen LogP) is 4.06. The third-order valence-corrected chi connectivity index (χ3v) is 5.97. The van der Waals surface area contributed by atoms with Gasteiger partial charge < -0.3 is 10.2 Å². The molecule has 0 amide bonds. The van der Waals surface area contributed by atoms with Gasteiger partial charge in [0, 0.05) is 16.5 Å². The van der Waals surface area contributed by atoms with Gasteiger partial charge in [0.15, 0.2) is 6.23 Å². The maximum absolute atomic E-state index is 12.9. The van der Waals surface area contributed by atoms with Crippen LogP contribution < -0.4 is 0 Å². The van der Waals surface area contributed by atoms with Gasteiger partial charge >= 0.3 is 12.1 Å².